The number of amides is 1. The number of nitrogens with zero attached hydrogens (tertiary/aromatic N) is 4. The largest absolute Gasteiger partial charge is 0.337 e. The average Bonchev–Trinajstić information content (AvgIpc) is 3.03. The van der Waals surface area contributed by atoms with Gasteiger partial charge in [0.15, 0.2) is 0 Å². The highest BCUT2D eigenvalue weighted by Gasteiger charge is 2.27. The van der Waals surface area contributed by atoms with Gasteiger partial charge in [-0.15, -0.1) is 12.4 Å². The first-order valence-corrected chi connectivity index (χ1v) is 8.24. The minimum Gasteiger partial charge on any atom is -0.337 e. The van der Waals surface area contributed by atoms with Crippen LogP contribution in [0.3, 0.4) is 0 Å². The molecular weight excluding hydrogens is 358 g/mol. The van der Waals surface area contributed by atoms with Gasteiger partial charge in [-0.2, -0.15) is 5.10 Å². The summed E-state index contributed by atoms with van der Waals surface area (Å²) < 4.78 is 1.60. The molecule has 1 atom stereocenters. The maximum atomic E-state index is 13.0. The number of halogens is 1. The molecule has 1 aromatic carbocycles. The minimum atomic E-state index is -0.445. The van der Waals surface area contributed by atoms with E-state index in [2.05, 4.69) is 10.4 Å². The standard InChI is InChI=1S/C17H21N5O3.ClH/c1-18-13-4-3-9-21(10-13)17(23)15-11-20(2)19-16(15)12-5-7-14(8-6-12)22(24)25;/h5-8,11,13,18H,3-4,9-10H2,1-2H3;1H. The molecular formula is C17H22ClN5O3. The van der Waals surface area contributed by atoms with Crippen LogP contribution in [0.4, 0.5) is 5.69 Å². The lowest BCUT2D eigenvalue weighted by molar-refractivity contribution is -0.384. The van der Waals surface area contributed by atoms with Gasteiger partial charge in [0, 0.05) is 50.1 Å². The number of likely N-dealkylation sites (tertiary alicyclic amines) is 1. The van der Waals surface area contributed by atoms with Gasteiger partial charge in [0.05, 0.1) is 10.5 Å². The second kappa shape index (κ2) is 8.29. The van der Waals surface area contributed by atoms with Gasteiger partial charge in [0.2, 0.25) is 0 Å². The molecule has 0 spiro atoms. The van der Waals surface area contributed by atoms with Crippen molar-refractivity contribution in [2.75, 3.05) is 20.1 Å². The van der Waals surface area contributed by atoms with Gasteiger partial charge in [-0.1, -0.05) is 0 Å². The molecule has 1 aromatic heterocycles. The maximum Gasteiger partial charge on any atom is 0.269 e. The van der Waals surface area contributed by atoms with E-state index >= 15 is 0 Å². The maximum absolute atomic E-state index is 13.0. The van der Waals surface area contributed by atoms with E-state index in [4.69, 9.17) is 0 Å². The Hall–Kier alpha value is -2.45. The van der Waals surface area contributed by atoms with Crippen LogP contribution in [-0.4, -0.2) is 51.7 Å². The highest BCUT2D eigenvalue weighted by Crippen LogP contribution is 2.26. The summed E-state index contributed by atoms with van der Waals surface area (Å²) in [6.45, 7) is 1.40. The van der Waals surface area contributed by atoms with E-state index in [1.54, 1.807) is 30.1 Å². The molecule has 0 radical (unpaired) electrons. The Morgan fingerprint density at radius 1 is 1.35 bits per heavy atom. The van der Waals surface area contributed by atoms with Crippen molar-refractivity contribution in [3.63, 3.8) is 0 Å². The van der Waals surface area contributed by atoms with E-state index in [1.807, 2.05) is 11.9 Å². The number of carbonyl (C=O) groups is 1. The molecule has 1 aliphatic heterocycles. The number of hydrogen-bond acceptors (Lipinski definition) is 5. The van der Waals surface area contributed by atoms with Crippen molar-refractivity contribution < 1.29 is 9.72 Å². The molecule has 1 fully saturated rings. The zero-order valence-corrected chi connectivity index (χ0v) is 15.5. The number of nitro benzene ring substituents is 1. The monoisotopic (exact) mass is 379 g/mol. The molecule has 0 bridgehead atoms. The van der Waals surface area contributed by atoms with Gasteiger partial charge >= 0.3 is 0 Å². The molecule has 2 heterocycles. The van der Waals surface area contributed by atoms with E-state index in [0.29, 0.717) is 29.4 Å². The van der Waals surface area contributed by atoms with Gasteiger partial charge < -0.3 is 10.2 Å². The molecule has 1 amide bonds. The summed E-state index contributed by atoms with van der Waals surface area (Å²) in [6.07, 6.45) is 3.73. The summed E-state index contributed by atoms with van der Waals surface area (Å²) in [5, 5.41) is 18.4. The number of nitro groups is 1. The van der Waals surface area contributed by atoms with E-state index in [-0.39, 0.29) is 24.0 Å². The van der Waals surface area contributed by atoms with E-state index in [0.717, 1.165) is 19.4 Å². The number of piperidine rings is 1. The van der Waals surface area contributed by atoms with E-state index in [9.17, 15) is 14.9 Å². The lowest BCUT2D eigenvalue weighted by atomic mass is 10.0. The predicted molar refractivity (Wildman–Crippen MR) is 101 cm³/mol. The zero-order chi connectivity index (χ0) is 18.0. The summed E-state index contributed by atoms with van der Waals surface area (Å²) in [5.41, 5.74) is 1.78. The molecule has 1 saturated heterocycles. The smallest absolute Gasteiger partial charge is 0.269 e. The molecule has 1 N–H and O–H groups in total. The second-order valence-electron chi connectivity index (χ2n) is 6.25. The second-order valence-corrected chi connectivity index (χ2v) is 6.25. The fourth-order valence-electron chi connectivity index (χ4n) is 3.17. The molecule has 140 valence electrons. The normalized spacial score (nSPS) is 16.8. The minimum absolute atomic E-state index is 0. The topological polar surface area (TPSA) is 93.3 Å². The van der Waals surface area contributed by atoms with E-state index in [1.165, 1.54) is 12.1 Å². The number of non-ortho nitro benzene ring substituents is 1. The number of likely N-dealkylation sites (N-methyl/N-ethyl adjacent to an activating group) is 1. The van der Waals surface area contributed by atoms with Gasteiger partial charge in [0.1, 0.15) is 5.69 Å². The van der Waals surface area contributed by atoms with Gasteiger partial charge in [-0.05, 0) is 32.0 Å². The first kappa shape index (κ1) is 19.9. The molecule has 1 aliphatic rings. The van der Waals surface area contributed by atoms with Crippen molar-refractivity contribution in [1.29, 1.82) is 0 Å². The number of aromatic nitrogens is 2. The third-order valence-electron chi connectivity index (χ3n) is 4.53. The van der Waals surface area contributed by atoms with Crippen LogP contribution in [0.5, 0.6) is 0 Å². The number of nitrogens with one attached hydrogen (secondary N) is 1. The number of benzene rings is 1. The fourth-order valence-corrected chi connectivity index (χ4v) is 3.17. The van der Waals surface area contributed by atoms with Crippen LogP contribution in [0.25, 0.3) is 11.3 Å². The van der Waals surface area contributed by atoms with Crippen LogP contribution in [0, 0.1) is 10.1 Å². The highest BCUT2D eigenvalue weighted by atomic mass is 35.5. The van der Waals surface area contributed by atoms with Gasteiger partial charge in [0.25, 0.3) is 11.6 Å². The molecule has 0 saturated carbocycles. The molecule has 1 unspecified atom stereocenters. The molecule has 2 aromatic rings. The molecule has 8 nitrogen and oxygen atoms in total. The van der Waals surface area contributed by atoms with Crippen molar-refractivity contribution in [2.24, 2.45) is 7.05 Å². The lowest BCUT2D eigenvalue weighted by Gasteiger charge is -2.32. The third kappa shape index (κ3) is 4.03. The summed E-state index contributed by atoms with van der Waals surface area (Å²) >= 11 is 0. The van der Waals surface area contributed by atoms with E-state index < -0.39 is 4.92 Å². The molecule has 0 aliphatic carbocycles. The Morgan fingerprint density at radius 2 is 2.04 bits per heavy atom. The highest BCUT2D eigenvalue weighted by molar-refractivity contribution is 6.00. The Balaban J connectivity index is 0.00000243. The summed E-state index contributed by atoms with van der Waals surface area (Å²) in [6, 6.07) is 6.41. The number of hydrogen-bond donors (Lipinski definition) is 1. The van der Waals surface area contributed by atoms with Crippen LogP contribution >= 0.6 is 12.4 Å². The van der Waals surface area contributed by atoms with Crippen LogP contribution in [0.2, 0.25) is 0 Å². The summed E-state index contributed by atoms with van der Waals surface area (Å²) in [7, 11) is 3.67. The van der Waals surface area contributed by atoms with Gasteiger partial charge in [-0.3, -0.25) is 19.6 Å². The van der Waals surface area contributed by atoms with Crippen molar-refractivity contribution in [3.8, 4) is 11.3 Å². The Bertz CT molecular complexity index is 790. The first-order chi connectivity index (χ1) is 12.0. The Kier molecular flexibility index (Phi) is 6.33. The van der Waals surface area contributed by atoms with Crippen LogP contribution in [-0.2, 0) is 7.05 Å². The van der Waals surface area contributed by atoms with Gasteiger partial charge in [-0.25, -0.2) is 0 Å². The van der Waals surface area contributed by atoms with Crippen LogP contribution in [0.1, 0.15) is 23.2 Å². The Labute approximate surface area is 157 Å². The molecule has 9 heteroatoms. The van der Waals surface area contributed by atoms with Crippen molar-refractivity contribution in [2.45, 2.75) is 18.9 Å². The first-order valence-electron chi connectivity index (χ1n) is 8.24. The lowest BCUT2D eigenvalue weighted by Crippen LogP contribution is -2.47. The fraction of sp³-hybridized carbons (Fsp3) is 0.412. The van der Waals surface area contributed by atoms with Crippen molar-refractivity contribution in [1.82, 2.24) is 20.0 Å². The number of carbonyl (C=O) groups excluding carboxylic acids is 1. The molecule has 26 heavy (non-hydrogen) atoms. The average molecular weight is 380 g/mol. The summed E-state index contributed by atoms with van der Waals surface area (Å²) in [4.78, 5) is 25.2. The number of aryl methyl sites for hydroxylation is 1. The molecule has 3 rings (SSSR count). The predicted octanol–water partition coefficient (Wildman–Crippen LogP) is 2.24. The zero-order valence-electron chi connectivity index (χ0n) is 14.7. The SMILES string of the molecule is CNC1CCCN(C(=O)c2cn(C)nc2-c2ccc([N+](=O)[O-])cc2)C1.Cl. The number of rotatable bonds is 4. The Morgan fingerprint density at radius 3 is 2.65 bits per heavy atom. The van der Waals surface area contributed by atoms with Crippen LogP contribution in [0.15, 0.2) is 30.5 Å². The third-order valence-corrected chi connectivity index (χ3v) is 4.53. The summed E-state index contributed by atoms with van der Waals surface area (Å²) in [5.74, 6) is -0.0543. The van der Waals surface area contributed by atoms with Crippen LogP contribution < -0.4 is 5.32 Å². The van der Waals surface area contributed by atoms with Crippen molar-refractivity contribution in [3.05, 3.63) is 46.1 Å². The van der Waals surface area contributed by atoms with Crippen molar-refractivity contribution >= 4 is 24.0 Å². The quantitative estimate of drug-likeness (QED) is 0.649.